The lowest BCUT2D eigenvalue weighted by molar-refractivity contribution is 0.181. The van der Waals surface area contributed by atoms with E-state index in [1.807, 2.05) is 19.1 Å². The lowest BCUT2D eigenvalue weighted by Crippen LogP contribution is -2.16. The van der Waals surface area contributed by atoms with Crippen LogP contribution < -0.4 is 10.1 Å². The molecular weight excluding hydrogens is 226 g/mol. The van der Waals surface area contributed by atoms with E-state index in [1.54, 1.807) is 0 Å². The molecule has 0 heterocycles. The minimum Gasteiger partial charge on any atom is -0.494 e. The number of rotatable bonds is 9. The van der Waals surface area contributed by atoms with Gasteiger partial charge in [-0.3, -0.25) is 0 Å². The normalized spacial score (nSPS) is 12.4. The molecule has 18 heavy (non-hydrogen) atoms. The largest absolute Gasteiger partial charge is 0.494 e. The topological polar surface area (TPSA) is 41.5 Å². The molecule has 3 heteroatoms. The van der Waals surface area contributed by atoms with Gasteiger partial charge in [0.1, 0.15) is 5.75 Å². The summed E-state index contributed by atoms with van der Waals surface area (Å²) in [6, 6.07) is 8.20. The molecule has 3 nitrogen and oxygen atoms in total. The van der Waals surface area contributed by atoms with Gasteiger partial charge in [0.05, 0.1) is 12.7 Å². The van der Waals surface area contributed by atoms with E-state index >= 15 is 0 Å². The fourth-order valence-corrected chi connectivity index (χ4v) is 1.72. The minimum atomic E-state index is -0.197. The smallest absolute Gasteiger partial charge is 0.119 e. The van der Waals surface area contributed by atoms with Crippen molar-refractivity contribution in [1.29, 1.82) is 0 Å². The summed E-state index contributed by atoms with van der Waals surface area (Å²) in [6.07, 6.45) is 2.69. The SMILES string of the molecule is CCCOc1cccc(CNCCCC(C)O)c1. The van der Waals surface area contributed by atoms with Crippen molar-refractivity contribution in [3.8, 4) is 5.75 Å². The summed E-state index contributed by atoms with van der Waals surface area (Å²) in [5, 5.41) is 12.5. The molecule has 0 fully saturated rings. The highest BCUT2D eigenvalue weighted by atomic mass is 16.5. The first-order valence-corrected chi connectivity index (χ1v) is 6.83. The fraction of sp³-hybridized carbons (Fsp3) is 0.600. The first kappa shape index (κ1) is 15.0. The van der Waals surface area contributed by atoms with Crippen LogP contribution >= 0.6 is 0 Å². The Morgan fingerprint density at radius 2 is 2.22 bits per heavy atom. The lowest BCUT2D eigenvalue weighted by atomic mass is 10.2. The van der Waals surface area contributed by atoms with Gasteiger partial charge in [0.2, 0.25) is 0 Å². The molecule has 0 aliphatic heterocycles. The second-order valence-corrected chi connectivity index (χ2v) is 4.66. The molecule has 1 aromatic carbocycles. The van der Waals surface area contributed by atoms with Crippen LogP contribution in [-0.4, -0.2) is 24.4 Å². The Bertz CT molecular complexity index is 326. The molecule has 1 aromatic rings. The Morgan fingerprint density at radius 3 is 2.94 bits per heavy atom. The predicted octanol–water partition coefficient (Wildman–Crippen LogP) is 2.73. The third-order valence-electron chi connectivity index (χ3n) is 2.68. The Balaban J connectivity index is 2.24. The number of benzene rings is 1. The van der Waals surface area contributed by atoms with Crippen molar-refractivity contribution >= 4 is 0 Å². The van der Waals surface area contributed by atoms with Gasteiger partial charge < -0.3 is 15.2 Å². The van der Waals surface area contributed by atoms with Crippen LogP contribution in [0.3, 0.4) is 0 Å². The van der Waals surface area contributed by atoms with E-state index < -0.39 is 0 Å². The number of aliphatic hydroxyl groups excluding tert-OH is 1. The summed E-state index contributed by atoms with van der Waals surface area (Å²) in [7, 11) is 0. The van der Waals surface area contributed by atoms with E-state index in [0.29, 0.717) is 0 Å². The number of ether oxygens (including phenoxy) is 1. The molecule has 2 N–H and O–H groups in total. The van der Waals surface area contributed by atoms with Gasteiger partial charge in [0.15, 0.2) is 0 Å². The second-order valence-electron chi connectivity index (χ2n) is 4.66. The van der Waals surface area contributed by atoms with Crippen molar-refractivity contribution in [2.45, 2.75) is 45.8 Å². The van der Waals surface area contributed by atoms with Crippen molar-refractivity contribution < 1.29 is 9.84 Å². The average Bonchev–Trinajstić information content (AvgIpc) is 2.36. The molecule has 0 saturated carbocycles. The van der Waals surface area contributed by atoms with Crippen LogP contribution in [0.1, 0.15) is 38.7 Å². The number of aliphatic hydroxyl groups is 1. The maximum Gasteiger partial charge on any atom is 0.119 e. The molecule has 1 rings (SSSR count). The van der Waals surface area contributed by atoms with Crippen molar-refractivity contribution in [2.24, 2.45) is 0 Å². The first-order chi connectivity index (χ1) is 8.72. The van der Waals surface area contributed by atoms with E-state index in [1.165, 1.54) is 5.56 Å². The minimum absolute atomic E-state index is 0.197. The zero-order chi connectivity index (χ0) is 13.2. The van der Waals surface area contributed by atoms with E-state index in [2.05, 4.69) is 24.4 Å². The highest BCUT2D eigenvalue weighted by Crippen LogP contribution is 2.13. The van der Waals surface area contributed by atoms with E-state index in [9.17, 15) is 0 Å². The summed E-state index contributed by atoms with van der Waals surface area (Å²) in [6.45, 7) is 6.49. The Hall–Kier alpha value is -1.06. The van der Waals surface area contributed by atoms with Gasteiger partial charge in [0, 0.05) is 6.54 Å². The van der Waals surface area contributed by atoms with Gasteiger partial charge in [0.25, 0.3) is 0 Å². The van der Waals surface area contributed by atoms with Gasteiger partial charge in [-0.15, -0.1) is 0 Å². The molecule has 0 spiro atoms. The highest BCUT2D eigenvalue weighted by molar-refractivity contribution is 5.28. The van der Waals surface area contributed by atoms with Gasteiger partial charge in [-0.25, -0.2) is 0 Å². The van der Waals surface area contributed by atoms with Crippen molar-refractivity contribution in [2.75, 3.05) is 13.2 Å². The van der Waals surface area contributed by atoms with Gasteiger partial charge in [-0.2, -0.15) is 0 Å². The molecule has 0 saturated heterocycles. The molecule has 0 aliphatic carbocycles. The van der Waals surface area contributed by atoms with Crippen LogP contribution in [0.2, 0.25) is 0 Å². The Morgan fingerprint density at radius 1 is 1.39 bits per heavy atom. The summed E-state index contributed by atoms with van der Waals surface area (Å²) in [4.78, 5) is 0. The van der Waals surface area contributed by atoms with Crippen molar-refractivity contribution in [1.82, 2.24) is 5.32 Å². The zero-order valence-electron chi connectivity index (χ0n) is 11.5. The molecule has 0 radical (unpaired) electrons. The summed E-state index contributed by atoms with van der Waals surface area (Å²) in [5.41, 5.74) is 1.24. The van der Waals surface area contributed by atoms with Gasteiger partial charge in [-0.1, -0.05) is 19.1 Å². The molecule has 0 bridgehead atoms. The van der Waals surface area contributed by atoms with Crippen LogP contribution in [0.15, 0.2) is 24.3 Å². The van der Waals surface area contributed by atoms with Crippen molar-refractivity contribution in [3.05, 3.63) is 29.8 Å². The number of nitrogens with one attached hydrogen (secondary N) is 1. The van der Waals surface area contributed by atoms with Crippen LogP contribution in [0, 0.1) is 0 Å². The van der Waals surface area contributed by atoms with Gasteiger partial charge in [-0.05, 0) is 50.4 Å². The first-order valence-electron chi connectivity index (χ1n) is 6.83. The van der Waals surface area contributed by atoms with Crippen LogP contribution in [0.4, 0.5) is 0 Å². The summed E-state index contributed by atoms with van der Waals surface area (Å²) in [5.74, 6) is 0.945. The molecule has 1 unspecified atom stereocenters. The highest BCUT2D eigenvalue weighted by Gasteiger charge is 1.98. The molecule has 0 aromatic heterocycles. The fourth-order valence-electron chi connectivity index (χ4n) is 1.72. The maximum absolute atomic E-state index is 9.14. The van der Waals surface area contributed by atoms with E-state index in [4.69, 9.17) is 9.84 Å². The maximum atomic E-state index is 9.14. The van der Waals surface area contributed by atoms with Crippen LogP contribution in [-0.2, 0) is 6.54 Å². The molecular formula is C15H25NO2. The molecule has 102 valence electrons. The standard InChI is InChI=1S/C15H25NO2/c1-3-10-18-15-8-4-7-14(11-15)12-16-9-5-6-13(2)17/h4,7-8,11,13,16-17H,3,5-6,9-10,12H2,1-2H3. The predicted molar refractivity (Wildman–Crippen MR) is 74.8 cm³/mol. The monoisotopic (exact) mass is 251 g/mol. The number of hydrogen-bond donors (Lipinski definition) is 2. The Labute approximate surface area is 110 Å². The Kier molecular flexibility index (Phi) is 7.46. The lowest BCUT2D eigenvalue weighted by Gasteiger charge is -2.08. The molecule has 0 amide bonds. The quantitative estimate of drug-likeness (QED) is 0.663. The third kappa shape index (κ3) is 6.62. The third-order valence-corrected chi connectivity index (χ3v) is 2.68. The summed E-state index contributed by atoms with van der Waals surface area (Å²) < 4.78 is 5.59. The van der Waals surface area contributed by atoms with Gasteiger partial charge >= 0.3 is 0 Å². The van der Waals surface area contributed by atoms with E-state index in [-0.39, 0.29) is 6.10 Å². The zero-order valence-corrected chi connectivity index (χ0v) is 11.5. The summed E-state index contributed by atoms with van der Waals surface area (Å²) >= 11 is 0. The second kappa shape index (κ2) is 8.95. The van der Waals surface area contributed by atoms with Crippen LogP contribution in [0.25, 0.3) is 0 Å². The molecule has 0 aliphatic rings. The molecule has 1 atom stereocenters. The van der Waals surface area contributed by atoms with Crippen LogP contribution in [0.5, 0.6) is 5.75 Å². The van der Waals surface area contributed by atoms with Crippen molar-refractivity contribution in [3.63, 3.8) is 0 Å². The number of hydrogen-bond acceptors (Lipinski definition) is 3. The average molecular weight is 251 g/mol. The van der Waals surface area contributed by atoms with E-state index in [0.717, 1.165) is 44.7 Å².